The van der Waals surface area contributed by atoms with E-state index in [2.05, 4.69) is 0 Å². The Morgan fingerprint density at radius 2 is 0.926 bits per heavy atom. The van der Waals surface area contributed by atoms with Gasteiger partial charge in [-0.1, -0.05) is 0 Å². The first kappa shape index (κ1) is 23.0. The highest BCUT2D eigenvalue weighted by Gasteiger charge is 2.83. The van der Waals surface area contributed by atoms with E-state index in [1.54, 1.807) is 0 Å². The van der Waals surface area contributed by atoms with Crippen molar-refractivity contribution in [1.82, 2.24) is 0 Å². The number of alkyl halides is 12. The van der Waals surface area contributed by atoms with Gasteiger partial charge < -0.3 is 5.11 Å². The standard InChI is InChI=1S/C11HF15O/c12-3-1(2(8(17,18)19)6(27)5(14)4(3)13)7(15,16)9(20,21)10(22,23)11(24,25)26/h27H. The number of aromatic hydroxyl groups is 1. The van der Waals surface area contributed by atoms with Crippen LogP contribution in [0.5, 0.6) is 5.75 Å². The van der Waals surface area contributed by atoms with E-state index in [1.807, 2.05) is 0 Å². The largest absolute Gasteiger partial charge is 0.504 e. The van der Waals surface area contributed by atoms with Crippen molar-refractivity contribution in [1.29, 1.82) is 0 Å². The quantitative estimate of drug-likeness (QED) is 0.475. The summed E-state index contributed by atoms with van der Waals surface area (Å²) >= 11 is 0. The minimum Gasteiger partial charge on any atom is -0.504 e. The van der Waals surface area contributed by atoms with Crippen molar-refractivity contribution in [3.63, 3.8) is 0 Å². The van der Waals surface area contributed by atoms with Gasteiger partial charge in [-0.25, -0.2) is 8.78 Å². The number of rotatable bonds is 3. The van der Waals surface area contributed by atoms with E-state index in [0.717, 1.165) is 0 Å². The summed E-state index contributed by atoms with van der Waals surface area (Å²) in [5.74, 6) is -36.8. The molecule has 0 amide bonds. The third-order valence-electron chi connectivity index (χ3n) is 3.04. The summed E-state index contributed by atoms with van der Waals surface area (Å²) in [5, 5.41) is 8.72. The molecule has 0 aliphatic heterocycles. The van der Waals surface area contributed by atoms with E-state index >= 15 is 0 Å². The van der Waals surface area contributed by atoms with Crippen molar-refractivity contribution < 1.29 is 71.0 Å². The van der Waals surface area contributed by atoms with Gasteiger partial charge in [0.25, 0.3) is 0 Å². The Bertz CT molecular complexity index is 742. The van der Waals surface area contributed by atoms with Gasteiger partial charge >= 0.3 is 30.1 Å². The first-order chi connectivity index (χ1) is 11.6. The van der Waals surface area contributed by atoms with Crippen LogP contribution in [0.15, 0.2) is 0 Å². The van der Waals surface area contributed by atoms with Crippen LogP contribution in [0.1, 0.15) is 11.1 Å². The molecule has 1 rings (SSSR count). The molecule has 0 heterocycles. The van der Waals surface area contributed by atoms with Crippen molar-refractivity contribution in [3.8, 4) is 5.75 Å². The second-order valence-corrected chi connectivity index (χ2v) is 4.76. The molecule has 0 aromatic heterocycles. The number of phenolic OH excluding ortho intramolecular Hbond substituents is 1. The van der Waals surface area contributed by atoms with Crippen LogP contribution in [0.4, 0.5) is 65.9 Å². The predicted octanol–water partition coefficient (Wildman–Crippen LogP) is 5.75. The Kier molecular flexibility index (Phi) is 5.10. The van der Waals surface area contributed by atoms with Gasteiger partial charge in [0, 0.05) is 0 Å². The summed E-state index contributed by atoms with van der Waals surface area (Å²) in [7, 11) is 0. The maximum absolute atomic E-state index is 13.6. The Balaban J connectivity index is 4.05. The van der Waals surface area contributed by atoms with Crippen LogP contribution in [-0.4, -0.2) is 23.1 Å². The Hall–Kier alpha value is -2.03. The third-order valence-corrected chi connectivity index (χ3v) is 3.04. The van der Waals surface area contributed by atoms with E-state index in [0.29, 0.717) is 0 Å². The van der Waals surface area contributed by atoms with Crippen LogP contribution in [0.25, 0.3) is 0 Å². The molecule has 0 aliphatic carbocycles. The lowest BCUT2D eigenvalue weighted by Crippen LogP contribution is -2.60. The molecular weight excluding hydrogens is 433 g/mol. The van der Waals surface area contributed by atoms with Crippen LogP contribution in [-0.2, 0) is 12.1 Å². The monoisotopic (exact) mass is 434 g/mol. The van der Waals surface area contributed by atoms with Crippen molar-refractivity contribution >= 4 is 0 Å². The fraction of sp³-hybridized carbons (Fsp3) is 0.455. The van der Waals surface area contributed by atoms with Gasteiger partial charge in [0.15, 0.2) is 17.4 Å². The van der Waals surface area contributed by atoms with E-state index in [-0.39, 0.29) is 0 Å². The van der Waals surface area contributed by atoms with Crippen LogP contribution >= 0.6 is 0 Å². The summed E-state index contributed by atoms with van der Waals surface area (Å²) in [6, 6.07) is 0. The number of phenols is 1. The van der Waals surface area contributed by atoms with Crippen molar-refractivity contribution in [3.05, 3.63) is 28.6 Å². The maximum Gasteiger partial charge on any atom is 0.460 e. The molecular formula is C11HF15O. The molecule has 0 saturated heterocycles. The second kappa shape index (κ2) is 5.98. The lowest BCUT2D eigenvalue weighted by atomic mass is 9.91. The normalized spacial score (nSPS) is 14.6. The number of hydrogen-bond acceptors (Lipinski definition) is 1. The molecule has 0 fully saturated rings. The van der Waals surface area contributed by atoms with Crippen LogP contribution < -0.4 is 0 Å². The fourth-order valence-corrected chi connectivity index (χ4v) is 1.75. The zero-order chi connectivity index (χ0) is 22.0. The molecule has 0 radical (unpaired) electrons. The highest BCUT2D eigenvalue weighted by Crippen LogP contribution is 2.59. The summed E-state index contributed by atoms with van der Waals surface area (Å²) in [6.07, 6.45) is -14.1. The van der Waals surface area contributed by atoms with Gasteiger partial charge in [-0.05, 0) is 0 Å². The highest BCUT2D eigenvalue weighted by molar-refractivity contribution is 5.47. The maximum atomic E-state index is 13.6. The minimum absolute atomic E-state index is 3.23. The zero-order valence-corrected chi connectivity index (χ0v) is 11.6. The van der Waals surface area contributed by atoms with E-state index in [4.69, 9.17) is 5.11 Å². The zero-order valence-electron chi connectivity index (χ0n) is 11.6. The number of hydrogen-bond donors (Lipinski definition) is 1. The molecule has 0 atom stereocenters. The van der Waals surface area contributed by atoms with Crippen LogP contribution in [0.3, 0.4) is 0 Å². The van der Waals surface area contributed by atoms with Gasteiger partial charge in [0.1, 0.15) is 5.56 Å². The van der Waals surface area contributed by atoms with Crippen LogP contribution in [0.2, 0.25) is 0 Å². The molecule has 1 N–H and O–H groups in total. The van der Waals surface area contributed by atoms with E-state index in [9.17, 15) is 65.9 Å². The molecule has 16 heteroatoms. The van der Waals surface area contributed by atoms with Crippen LogP contribution in [0, 0.1) is 17.5 Å². The first-order valence-corrected chi connectivity index (χ1v) is 5.81. The molecule has 0 unspecified atom stereocenters. The van der Waals surface area contributed by atoms with Gasteiger partial charge in [-0.15, -0.1) is 0 Å². The molecule has 0 bridgehead atoms. The topological polar surface area (TPSA) is 20.2 Å². The average molecular weight is 434 g/mol. The van der Waals surface area contributed by atoms with Crippen molar-refractivity contribution in [2.24, 2.45) is 0 Å². The predicted molar refractivity (Wildman–Crippen MR) is 52.8 cm³/mol. The van der Waals surface area contributed by atoms with Crippen molar-refractivity contribution in [2.45, 2.75) is 30.1 Å². The Labute approximate surface area is 137 Å². The Morgan fingerprint density at radius 1 is 0.519 bits per heavy atom. The molecule has 27 heavy (non-hydrogen) atoms. The highest BCUT2D eigenvalue weighted by atomic mass is 19.4. The average Bonchev–Trinajstić information content (AvgIpc) is 2.45. The minimum atomic E-state index is -7.82. The molecule has 0 spiro atoms. The van der Waals surface area contributed by atoms with Crippen molar-refractivity contribution in [2.75, 3.05) is 0 Å². The number of halogens is 15. The number of benzene rings is 1. The van der Waals surface area contributed by atoms with E-state index < -0.39 is 64.4 Å². The fourth-order valence-electron chi connectivity index (χ4n) is 1.75. The van der Waals surface area contributed by atoms with E-state index in [1.165, 1.54) is 0 Å². The smallest absolute Gasteiger partial charge is 0.460 e. The summed E-state index contributed by atoms with van der Waals surface area (Å²) in [6.45, 7) is 0. The molecule has 1 nitrogen and oxygen atoms in total. The SMILES string of the molecule is Oc1c(F)c(F)c(F)c(C(F)(F)C(F)(F)C(F)(F)C(F)(F)F)c1C(F)(F)F. The lowest BCUT2D eigenvalue weighted by Gasteiger charge is -2.35. The molecule has 1 aromatic rings. The Morgan fingerprint density at radius 3 is 1.26 bits per heavy atom. The molecule has 0 aliphatic rings. The van der Waals surface area contributed by atoms with Gasteiger partial charge in [0.2, 0.25) is 5.82 Å². The molecule has 156 valence electrons. The second-order valence-electron chi connectivity index (χ2n) is 4.76. The lowest BCUT2D eigenvalue weighted by molar-refractivity contribution is -0.400. The van der Waals surface area contributed by atoms with Gasteiger partial charge in [0.05, 0.1) is 5.56 Å². The molecule has 1 aromatic carbocycles. The summed E-state index contributed by atoms with van der Waals surface area (Å²) in [5.41, 5.74) is -7.94. The molecule has 0 saturated carbocycles. The third kappa shape index (κ3) is 3.11. The first-order valence-electron chi connectivity index (χ1n) is 5.81. The summed E-state index contributed by atoms with van der Waals surface area (Å²) in [4.78, 5) is 0. The van der Waals surface area contributed by atoms with Gasteiger partial charge in [-0.3, -0.25) is 0 Å². The summed E-state index contributed by atoms with van der Waals surface area (Å²) < 4.78 is 192. The van der Waals surface area contributed by atoms with Gasteiger partial charge in [-0.2, -0.15) is 57.1 Å².